The molecule has 0 aromatic heterocycles. The van der Waals surface area contributed by atoms with Crippen LogP contribution in [0, 0.1) is 25.6 Å². The first kappa shape index (κ1) is 15.4. The summed E-state index contributed by atoms with van der Waals surface area (Å²) >= 11 is 0. The van der Waals surface area contributed by atoms with Gasteiger partial charge in [-0.2, -0.15) is 0 Å². The molecule has 2 unspecified atom stereocenters. The van der Waals surface area contributed by atoms with Crippen LogP contribution in [-0.2, 0) is 10.0 Å². The van der Waals surface area contributed by atoms with Gasteiger partial charge in [0, 0.05) is 12.6 Å². The van der Waals surface area contributed by atoms with Crippen LogP contribution >= 0.6 is 0 Å². The molecular weight excluding hydrogens is 279 g/mol. The van der Waals surface area contributed by atoms with Crippen molar-refractivity contribution in [1.82, 2.24) is 4.72 Å². The lowest BCUT2D eigenvalue weighted by Gasteiger charge is -2.17. The average molecular weight is 300 g/mol. The lowest BCUT2D eigenvalue weighted by atomic mass is 10.1. The third kappa shape index (κ3) is 3.19. The van der Waals surface area contributed by atoms with Gasteiger partial charge in [0.05, 0.1) is 4.90 Å². The van der Waals surface area contributed by atoms with Crippen molar-refractivity contribution in [3.05, 3.63) is 29.1 Å². The van der Waals surface area contributed by atoms with Gasteiger partial charge < -0.3 is 5.73 Å². The third-order valence-corrected chi connectivity index (χ3v) is 5.68. The fraction of sp³-hybridized carbons (Fsp3) is 0.571. The zero-order valence-electron chi connectivity index (χ0n) is 11.8. The summed E-state index contributed by atoms with van der Waals surface area (Å²) in [7, 11) is -3.62. The predicted octanol–water partition coefficient (Wildman–Crippen LogP) is 1.85. The zero-order valence-corrected chi connectivity index (χ0v) is 12.6. The molecule has 1 aliphatic rings. The molecule has 1 aliphatic carbocycles. The Morgan fingerprint density at radius 2 is 1.90 bits per heavy atom. The van der Waals surface area contributed by atoms with Crippen LogP contribution in [0.15, 0.2) is 17.0 Å². The Balaban J connectivity index is 2.18. The van der Waals surface area contributed by atoms with Gasteiger partial charge in [-0.15, -0.1) is 0 Å². The first-order valence-electron chi connectivity index (χ1n) is 6.83. The van der Waals surface area contributed by atoms with Crippen molar-refractivity contribution in [3.63, 3.8) is 0 Å². The molecule has 2 atom stereocenters. The Hall–Kier alpha value is -0.980. The minimum absolute atomic E-state index is 0.0631. The lowest BCUT2D eigenvalue weighted by Crippen LogP contribution is -2.36. The lowest BCUT2D eigenvalue weighted by molar-refractivity contribution is 0.469. The predicted molar refractivity (Wildman–Crippen MR) is 76.4 cm³/mol. The molecule has 2 rings (SSSR count). The van der Waals surface area contributed by atoms with Gasteiger partial charge in [0.25, 0.3) is 0 Å². The second kappa shape index (κ2) is 5.79. The van der Waals surface area contributed by atoms with Crippen LogP contribution < -0.4 is 10.5 Å². The Labute approximate surface area is 119 Å². The molecule has 112 valence electrons. The number of benzene rings is 1. The molecule has 1 aromatic rings. The molecule has 0 aliphatic heterocycles. The second-order valence-electron chi connectivity index (χ2n) is 5.58. The molecule has 3 N–H and O–H groups in total. The van der Waals surface area contributed by atoms with Crippen LogP contribution in [0.4, 0.5) is 4.39 Å². The SMILES string of the molecule is Cc1cc(F)cc(C)c1S(=O)(=O)NCC1CCCC1N. The molecule has 6 heteroatoms. The number of nitrogens with one attached hydrogen (secondary N) is 1. The minimum atomic E-state index is -3.62. The maximum absolute atomic E-state index is 13.2. The highest BCUT2D eigenvalue weighted by Crippen LogP contribution is 2.25. The Bertz CT molecular complexity index is 578. The Kier molecular flexibility index (Phi) is 4.46. The fourth-order valence-electron chi connectivity index (χ4n) is 2.93. The largest absolute Gasteiger partial charge is 0.327 e. The molecule has 1 fully saturated rings. The smallest absolute Gasteiger partial charge is 0.241 e. The van der Waals surface area contributed by atoms with Crippen LogP contribution in [-0.4, -0.2) is 21.0 Å². The Morgan fingerprint density at radius 1 is 1.30 bits per heavy atom. The third-order valence-electron chi connectivity index (χ3n) is 3.95. The average Bonchev–Trinajstić information content (AvgIpc) is 2.70. The summed E-state index contributed by atoms with van der Waals surface area (Å²) in [4.78, 5) is 0.172. The van der Waals surface area contributed by atoms with Crippen LogP contribution in [0.1, 0.15) is 30.4 Å². The van der Waals surface area contributed by atoms with E-state index in [9.17, 15) is 12.8 Å². The molecule has 1 saturated carbocycles. The number of nitrogens with two attached hydrogens (primary N) is 1. The van der Waals surface area contributed by atoms with Crippen molar-refractivity contribution < 1.29 is 12.8 Å². The number of hydrogen-bond acceptors (Lipinski definition) is 3. The van der Waals surface area contributed by atoms with E-state index >= 15 is 0 Å². The molecule has 20 heavy (non-hydrogen) atoms. The molecule has 0 amide bonds. The van der Waals surface area contributed by atoms with Crippen molar-refractivity contribution in [2.45, 2.75) is 44.0 Å². The van der Waals surface area contributed by atoms with E-state index in [1.165, 1.54) is 12.1 Å². The van der Waals surface area contributed by atoms with Gasteiger partial charge in [-0.3, -0.25) is 0 Å². The van der Waals surface area contributed by atoms with E-state index in [0.29, 0.717) is 17.7 Å². The Morgan fingerprint density at radius 3 is 2.40 bits per heavy atom. The van der Waals surface area contributed by atoms with Gasteiger partial charge in [0.1, 0.15) is 5.82 Å². The number of halogens is 1. The normalized spacial score (nSPS) is 23.2. The van der Waals surface area contributed by atoms with Crippen LogP contribution in [0.5, 0.6) is 0 Å². The summed E-state index contributed by atoms with van der Waals surface area (Å²) in [6, 6.07) is 2.54. The van der Waals surface area contributed by atoms with E-state index in [4.69, 9.17) is 5.73 Å². The van der Waals surface area contributed by atoms with Gasteiger partial charge in [0.15, 0.2) is 0 Å². The van der Waals surface area contributed by atoms with E-state index in [0.717, 1.165) is 19.3 Å². The summed E-state index contributed by atoms with van der Waals surface area (Å²) in [5, 5.41) is 0. The monoisotopic (exact) mass is 300 g/mol. The van der Waals surface area contributed by atoms with Gasteiger partial charge in [-0.1, -0.05) is 6.42 Å². The molecular formula is C14H21FN2O2S. The van der Waals surface area contributed by atoms with Crippen LogP contribution in [0.3, 0.4) is 0 Å². The molecule has 0 heterocycles. The van der Waals surface area contributed by atoms with Crippen molar-refractivity contribution >= 4 is 10.0 Å². The highest BCUT2D eigenvalue weighted by atomic mass is 32.2. The van der Waals surface area contributed by atoms with Gasteiger partial charge in [-0.05, 0) is 55.9 Å². The molecule has 4 nitrogen and oxygen atoms in total. The number of aryl methyl sites for hydroxylation is 2. The van der Waals surface area contributed by atoms with Gasteiger partial charge in [-0.25, -0.2) is 17.5 Å². The maximum atomic E-state index is 13.2. The molecule has 0 saturated heterocycles. The second-order valence-corrected chi connectivity index (χ2v) is 7.28. The molecule has 1 aromatic carbocycles. The topological polar surface area (TPSA) is 72.2 Å². The van der Waals surface area contributed by atoms with Crippen LogP contribution in [0.2, 0.25) is 0 Å². The van der Waals surface area contributed by atoms with Crippen molar-refractivity contribution in [2.75, 3.05) is 6.54 Å². The van der Waals surface area contributed by atoms with E-state index in [-0.39, 0.29) is 16.9 Å². The molecule has 0 radical (unpaired) electrons. The highest BCUT2D eigenvalue weighted by molar-refractivity contribution is 7.89. The van der Waals surface area contributed by atoms with E-state index in [2.05, 4.69) is 4.72 Å². The van der Waals surface area contributed by atoms with Crippen molar-refractivity contribution in [1.29, 1.82) is 0 Å². The van der Waals surface area contributed by atoms with E-state index in [1.54, 1.807) is 13.8 Å². The standard InChI is InChI=1S/C14H21FN2O2S/c1-9-6-12(15)7-10(2)14(9)20(18,19)17-8-11-4-3-5-13(11)16/h6-7,11,13,17H,3-5,8,16H2,1-2H3. The molecule has 0 bridgehead atoms. The van der Waals surface area contributed by atoms with Gasteiger partial charge >= 0.3 is 0 Å². The summed E-state index contributed by atoms with van der Waals surface area (Å²) in [5.74, 6) is -0.234. The first-order valence-corrected chi connectivity index (χ1v) is 8.31. The maximum Gasteiger partial charge on any atom is 0.241 e. The quantitative estimate of drug-likeness (QED) is 0.891. The van der Waals surface area contributed by atoms with Crippen molar-refractivity contribution in [3.8, 4) is 0 Å². The van der Waals surface area contributed by atoms with Gasteiger partial charge in [0.2, 0.25) is 10.0 Å². The molecule has 0 spiro atoms. The summed E-state index contributed by atoms with van der Waals surface area (Å²) in [5.41, 5.74) is 6.79. The van der Waals surface area contributed by atoms with Crippen LogP contribution in [0.25, 0.3) is 0 Å². The number of rotatable bonds is 4. The summed E-state index contributed by atoms with van der Waals surface area (Å²) in [6.07, 6.45) is 2.94. The summed E-state index contributed by atoms with van der Waals surface area (Å²) in [6.45, 7) is 3.55. The number of hydrogen-bond donors (Lipinski definition) is 2. The van der Waals surface area contributed by atoms with Crippen molar-refractivity contribution in [2.24, 2.45) is 11.7 Å². The van der Waals surface area contributed by atoms with E-state index in [1.807, 2.05) is 0 Å². The highest BCUT2D eigenvalue weighted by Gasteiger charge is 2.27. The summed E-state index contributed by atoms with van der Waals surface area (Å²) < 4.78 is 40.6. The minimum Gasteiger partial charge on any atom is -0.327 e. The first-order chi connectivity index (χ1) is 9.31. The number of sulfonamides is 1. The zero-order chi connectivity index (χ0) is 14.9. The van der Waals surface area contributed by atoms with E-state index < -0.39 is 15.8 Å². The fourth-order valence-corrected chi connectivity index (χ4v) is 4.47.